The van der Waals surface area contributed by atoms with E-state index in [9.17, 15) is 4.79 Å². The number of allylic oxidation sites excluding steroid dienone is 2. The van der Waals surface area contributed by atoms with E-state index in [-0.39, 0.29) is 5.97 Å². The largest absolute Gasteiger partial charge is 0.466 e. The van der Waals surface area contributed by atoms with Gasteiger partial charge in [-0.15, -0.1) is 0 Å². The van der Waals surface area contributed by atoms with Crippen molar-refractivity contribution in [1.29, 1.82) is 0 Å². The standard InChI is InChI=1S/C17H24N2O2/c1-4-21-15(20)10-13-5-7-14(8-6-13)17-16(18)11(2)9-12(3)19-17/h7,9,13H,4-6,8,10,18H2,1-3H3. The average molecular weight is 288 g/mol. The highest BCUT2D eigenvalue weighted by atomic mass is 16.5. The molecule has 21 heavy (non-hydrogen) atoms. The van der Waals surface area contributed by atoms with E-state index in [4.69, 9.17) is 10.5 Å². The highest BCUT2D eigenvalue weighted by molar-refractivity contribution is 5.75. The van der Waals surface area contributed by atoms with E-state index in [0.29, 0.717) is 18.9 Å². The normalized spacial score (nSPS) is 18.2. The quantitative estimate of drug-likeness (QED) is 0.862. The minimum atomic E-state index is -0.0941. The van der Waals surface area contributed by atoms with E-state index < -0.39 is 0 Å². The third-order valence-corrected chi connectivity index (χ3v) is 3.98. The van der Waals surface area contributed by atoms with E-state index in [0.717, 1.165) is 41.9 Å². The third kappa shape index (κ3) is 3.84. The number of nitrogens with zero attached hydrogens (tertiary/aromatic N) is 1. The van der Waals surface area contributed by atoms with Gasteiger partial charge in [-0.3, -0.25) is 9.78 Å². The lowest BCUT2D eigenvalue weighted by atomic mass is 9.85. The van der Waals surface area contributed by atoms with Gasteiger partial charge in [0.05, 0.1) is 18.0 Å². The van der Waals surface area contributed by atoms with Crippen LogP contribution in [0.3, 0.4) is 0 Å². The molecule has 2 N–H and O–H groups in total. The van der Waals surface area contributed by atoms with Gasteiger partial charge in [0.1, 0.15) is 0 Å². The highest BCUT2D eigenvalue weighted by Gasteiger charge is 2.21. The van der Waals surface area contributed by atoms with Gasteiger partial charge in [0.15, 0.2) is 0 Å². The minimum absolute atomic E-state index is 0.0941. The van der Waals surface area contributed by atoms with Crippen LogP contribution in [0.5, 0.6) is 0 Å². The summed E-state index contributed by atoms with van der Waals surface area (Å²) in [4.78, 5) is 16.1. The molecule has 0 amide bonds. The molecule has 0 aliphatic heterocycles. The molecule has 0 saturated heterocycles. The van der Waals surface area contributed by atoms with Crippen molar-refractivity contribution < 1.29 is 9.53 Å². The first-order chi connectivity index (χ1) is 10.0. The second-order valence-electron chi connectivity index (χ2n) is 5.72. The molecule has 4 heteroatoms. The molecule has 0 spiro atoms. The van der Waals surface area contributed by atoms with Gasteiger partial charge < -0.3 is 10.5 Å². The van der Waals surface area contributed by atoms with E-state index in [1.807, 2.05) is 26.8 Å². The molecule has 1 unspecified atom stereocenters. The van der Waals surface area contributed by atoms with Crippen LogP contribution in [0.1, 0.15) is 49.6 Å². The van der Waals surface area contributed by atoms with Crippen molar-refractivity contribution in [2.45, 2.75) is 46.5 Å². The van der Waals surface area contributed by atoms with Gasteiger partial charge in [0.2, 0.25) is 0 Å². The Balaban J connectivity index is 2.08. The van der Waals surface area contributed by atoms with Gasteiger partial charge in [0.25, 0.3) is 0 Å². The van der Waals surface area contributed by atoms with Gasteiger partial charge in [-0.2, -0.15) is 0 Å². The lowest BCUT2D eigenvalue weighted by Gasteiger charge is -2.22. The Morgan fingerprint density at radius 2 is 2.24 bits per heavy atom. The fraction of sp³-hybridized carbons (Fsp3) is 0.529. The number of hydrogen-bond acceptors (Lipinski definition) is 4. The second kappa shape index (κ2) is 6.74. The first-order valence-electron chi connectivity index (χ1n) is 7.60. The number of nitrogen functional groups attached to an aromatic ring is 1. The molecule has 114 valence electrons. The van der Waals surface area contributed by atoms with E-state index in [2.05, 4.69) is 11.1 Å². The topological polar surface area (TPSA) is 65.2 Å². The van der Waals surface area contributed by atoms with Gasteiger partial charge >= 0.3 is 5.97 Å². The molecule has 0 saturated carbocycles. The molecule has 4 nitrogen and oxygen atoms in total. The number of nitrogens with two attached hydrogens (primary N) is 1. The molecule has 0 aromatic carbocycles. The average Bonchev–Trinajstić information content (AvgIpc) is 2.44. The molecule has 0 fully saturated rings. The summed E-state index contributed by atoms with van der Waals surface area (Å²) in [5.41, 5.74) is 11.1. The number of hydrogen-bond donors (Lipinski definition) is 1. The maximum absolute atomic E-state index is 11.5. The molecule has 1 aliphatic rings. The van der Waals surface area contributed by atoms with Crippen molar-refractivity contribution in [1.82, 2.24) is 4.98 Å². The molecular weight excluding hydrogens is 264 g/mol. The summed E-state index contributed by atoms with van der Waals surface area (Å²) in [6.07, 6.45) is 5.49. The lowest BCUT2D eigenvalue weighted by molar-refractivity contribution is -0.144. The van der Waals surface area contributed by atoms with E-state index >= 15 is 0 Å². The number of carbonyl (C=O) groups excluding carboxylic acids is 1. The summed E-state index contributed by atoms with van der Waals surface area (Å²) in [5, 5.41) is 0. The maximum Gasteiger partial charge on any atom is 0.306 e. The first-order valence-corrected chi connectivity index (χ1v) is 7.60. The van der Waals surface area contributed by atoms with Crippen LogP contribution in [0.2, 0.25) is 0 Å². The Morgan fingerprint density at radius 3 is 2.86 bits per heavy atom. The van der Waals surface area contributed by atoms with Crippen molar-refractivity contribution in [3.8, 4) is 0 Å². The molecule has 1 atom stereocenters. The Labute approximate surface area is 126 Å². The van der Waals surface area contributed by atoms with Crippen molar-refractivity contribution >= 4 is 17.2 Å². The minimum Gasteiger partial charge on any atom is -0.466 e. The predicted molar refractivity (Wildman–Crippen MR) is 84.7 cm³/mol. The number of anilines is 1. The third-order valence-electron chi connectivity index (χ3n) is 3.98. The van der Waals surface area contributed by atoms with Crippen molar-refractivity contribution in [2.24, 2.45) is 5.92 Å². The first kappa shape index (κ1) is 15.5. The molecule has 1 aromatic rings. The molecule has 1 heterocycles. The van der Waals surface area contributed by atoms with Gasteiger partial charge in [-0.05, 0) is 63.2 Å². The number of aromatic nitrogens is 1. The lowest BCUT2D eigenvalue weighted by Crippen LogP contribution is -2.14. The summed E-state index contributed by atoms with van der Waals surface area (Å²) >= 11 is 0. The monoisotopic (exact) mass is 288 g/mol. The van der Waals surface area contributed by atoms with Crippen molar-refractivity contribution in [3.63, 3.8) is 0 Å². The number of esters is 1. The number of rotatable bonds is 4. The fourth-order valence-electron chi connectivity index (χ4n) is 2.84. The van der Waals surface area contributed by atoms with Crippen LogP contribution in [-0.2, 0) is 9.53 Å². The van der Waals surface area contributed by atoms with Gasteiger partial charge in [0, 0.05) is 12.1 Å². The summed E-state index contributed by atoms with van der Waals surface area (Å²) in [6.45, 7) is 6.30. The second-order valence-corrected chi connectivity index (χ2v) is 5.72. The Kier molecular flexibility index (Phi) is 4.99. The SMILES string of the molecule is CCOC(=O)CC1CC=C(c2nc(C)cc(C)c2N)CC1. The zero-order chi connectivity index (χ0) is 15.4. The van der Waals surface area contributed by atoms with E-state index in [1.165, 1.54) is 5.57 Å². The summed E-state index contributed by atoms with van der Waals surface area (Å²) in [5.74, 6) is 0.281. The number of aryl methyl sites for hydroxylation is 2. The van der Waals surface area contributed by atoms with Crippen LogP contribution in [0.25, 0.3) is 5.57 Å². The zero-order valence-corrected chi connectivity index (χ0v) is 13.1. The zero-order valence-electron chi connectivity index (χ0n) is 13.1. The fourth-order valence-corrected chi connectivity index (χ4v) is 2.84. The van der Waals surface area contributed by atoms with E-state index in [1.54, 1.807) is 0 Å². The molecule has 2 rings (SSSR count). The van der Waals surface area contributed by atoms with Gasteiger partial charge in [-0.25, -0.2) is 0 Å². The summed E-state index contributed by atoms with van der Waals surface area (Å²) in [7, 11) is 0. The van der Waals surface area contributed by atoms with Gasteiger partial charge in [-0.1, -0.05) is 6.08 Å². The van der Waals surface area contributed by atoms with Crippen molar-refractivity contribution in [3.05, 3.63) is 29.1 Å². The Bertz CT molecular complexity index is 564. The van der Waals surface area contributed by atoms with Crippen LogP contribution in [-0.4, -0.2) is 17.6 Å². The van der Waals surface area contributed by atoms with Crippen LogP contribution in [0, 0.1) is 19.8 Å². The highest BCUT2D eigenvalue weighted by Crippen LogP contribution is 2.34. The number of carbonyl (C=O) groups is 1. The predicted octanol–water partition coefficient (Wildman–Crippen LogP) is 3.42. The van der Waals surface area contributed by atoms with Crippen molar-refractivity contribution in [2.75, 3.05) is 12.3 Å². The van der Waals surface area contributed by atoms with Crippen LogP contribution in [0.15, 0.2) is 12.1 Å². The Hall–Kier alpha value is -1.84. The smallest absolute Gasteiger partial charge is 0.306 e. The van der Waals surface area contributed by atoms with Crippen LogP contribution in [0.4, 0.5) is 5.69 Å². The molecular formula is C17H24N2O2. The molecule has 1 aromatic heterocycles. The summed E-state index contributed by atoms with van der Waals surface area (Å²) in [6, 6.07) is 2.01. The number of pyridine rings is 1. The summed E-state index contributed by atoms with van der Waals surface area (Å²) < 4.78 is 5.01. The molecule has 1 aliphatic carbocycles. The van der Waals surface area contributed by atoms with Crippen LogP contribution >= 0.6 is 0 Å². The maximum atomic E-state index is 11.5. The number of ether oxygens (including phenoxy) is 1. The molecule has 0 radical (unpaired) electrons. The molecule has 0 bridgehead atoms. The van der Waals surface area contributed by atoms with Crippen LogP contribution < -0.4 is 5.73 Å². The Morgan fingerprint density at radius 1 is 1.48 bits per heavy atom.